The van der Waals surface area contributed by atoms with Gasteiger partial charge in [-0.15, -0.1) is 0 Å². The SMILES string of the molecule is Cc1ccc(Cl)cc1NC(=O)CN1C(=O)S/C(=C/c2ccc(Oc3ccc(C(F)(F)F)cc3[N+](=O)[O-])c(Br)c2)C1=O. The summed E-state index contributed by atoms with van der Waals surface area (Å²) in [5.41, 5.74) is -0.465. The molecule has 0 bridgehead atoms. The fourth-order valence-corrected chi connectivity index (χ4v) is 5.07. The van der Waals surface area contributed by atoms with Crippen molar-refractivity contribution < 1.29 is 37.2 Å². The van der Waals surface area contributed by atoms with Gasteiger partial charge in [-0.25, -0.2) is 0 Å². The van der Waals surface area contributed by atoms with Gasteiger partial charge in [0.25, 0.3) is 11.1 Å². The Kier molecular flexibility index (Phi) is 8.75. The minimum absolute atomic E-state index is 0.0423. The Morgan fingerprint density at radius 1 is 1.15 bits per heavy atom. The van der Waals surface area contributed by atoms with Crippen LogP contribution in [0, 0.1) is 17.0 Å². The van der Waals surface area contributed by atoms with Crippen LogP contribution in [0.4, 0.5) is 29.3 Å². The number of halogens is 5. The number of thioether (sulfide) groups is 1. The summed E-state index contributed by atoms with van der Waals surface area (Å²) in [7, 11) is 0. The molecule has 1 N–H and O–H groups in total. The molecule has 1 aliphatic heterocycles. The van der Waals surface area contributed by atoms with Crippen LogP contribution in [0.25, 0.3) is 6.08 Å². The lowest BCUT2D eigenvalue weighted by molar-refractivity contribution is -0.385. The van der Waals surface area contributed by atoms with E-state index in [1.54, 1.807) is 25.1 Å². The van der Waals surface area contributed by atoms with Crippen LogP contribution in [0.1, 0.15) is 16.7 Å². The van der Waals surface area contributed by atoms with E-state index in [1.165, 1.54) is 24.3 Å². The summed E-state index contributed by atoms with van der Waals surface area (Å²) >= 11 is 9.83. The van der Waals surface area contributed by atoms with E-state index in [2.05, 4.69) is 21.2 Å². The maximum absolute atomic E-state index is 13.0. The number of nitrogens with one attached hydrogen (secondary N) is 1. The topological polar surface area (TPSA) is 119 Å². The van der Waals surface area contributed by atoms with Crippen LogP contribution < -0.4 is 10.1 Å². The Bertz CT molecular complexity index is 1630. The first-order valence-corrected chi connectivity index (χ1v) is 13.4. The van der Waals surface area contributed by atoms with E-state index in [-0.39, 0.29) is 15.1 Å². The molecule has 0 atom stereocenters. The lowest BCUT2D eigenvalue weighted by Crippen LogP contribution is -2.36. The van der Waals surface area contributed by atoms with E-state index < -0.39 is 51.7 Å². The molecular weight excluding hydrogens is 655 g/mol. The third kappa shape index (κ3) is 7.07. The van der Waals surface area contributed by atoms with Crippen LogP contribution in [0.2, 0.25) is 5.02 Å². The molecule has 15 heteroatoms. The van der Waals surface area contributed by atoms with E-state index in [0.717, 1.165) is 16.5 Å². The van der Waals surface area contributed by atoms with Crippen LogP contribution in [-0.4, -0.2) is 33.4 Å². The van der Waals surface area contributed by atoms with E-state index in [9.17, 15) is 37.7 Å². The van der Waals surface area contributed by atoms with Gasteiger partial charge in [-0.3, -0.25) is 29.4 Å². The third-order valence-corrected chi connectivity index (χ3v) is 7.37. The number of carbonyl (C=O) groups excluding carboxylic acids is 3. The predicted octanol–water partition coefficient (Wildman–Crippen LogP) is 7.81. The zero-order valence-corrected chi connectivity index (χ0v) is 23.8. The molecule has 41 heavy (non-hydrogen) atoms. The summed E-state index contributed by atoms with van der Waals surface area (Å²) in [6, 6.07) is 11.1. The number of amides is 3. The molecule has 3 aromatic rings. The normalized spacial score (nSPS) is 14.5. The van der Waals surface area contributed by atoms with Gasteiger partial charge in [-0.05, 0) is 88.2 Å². The number of aryl methyl sites for hydroxylation is 1. The first kappa shape index (κ1) is 30.1. The molecular formula is C26H16BrClF3N3O6S. The summed E-state index contributed by atoms with van der Waals surface area (Å²) in [6.07, 6.45) is -3.37. The summed E-state index contributed by atoms with van der Waals surface area (Å²) in [4.78, 5) is 49.0. The van der Waals surface area contributed by atoms with Gasteiger partial charge in [0.05, 0.1) is 19.9 Å². The van der Waals surface area contributed by atoms with E-state index in [1.807, 2.05) is 0 Å². The van der Waals surface area contributed by atoms with Crippen LogP contribution in [0.3, 0.4) is 0 Å². The molecule has 9 nitrogen and oxygen atoms in total. The standard InChI is InChI=1S/C26H16BrClF3N3O6S/c1-13-2-5-16(28)11-18(13)32-23(35)12-33-24(36)22(41-25(33)37)9-14-3-6-20(17(27)8-14)40-21-7-4-15(26(29,30)31)10-19(21)34(38)39/h2-11H,12H2,1H3,(H,32,35)/b22-9+. The van der Waals surface area contributed by atoms with Gasteiger partial charge in [-0.2, -0.15) is 13.2 Å². The summed E-state index contributed by atoms with van der Waals surface area (Å²) < 4.78 is 44.7. The Balaban J connectivity index is 1.48. The highest BCUT2D eigenvalue weighted by Gasteiger charge is 2.36. The van der Waals surface area contributed by atoms with Crippen LogP contribution in [-0.2, 0) is 15.8 Å². The Morgan fingerprint density at radius 2 is 1.85 bits per heavy atom. The summed E-state index contributed by atoms with van der Waals surface area (Å²) in [6.45, 7) is 1.24. The van der Waals surface area contributed by atoms with Crippen molar-refractivity contribution in [3.63, 3.8) is 0 Å². The van der Waals surface area contributed by atoms with E-state index in [4.69, 9.17) is 16.3 Å². The minimum Gasteiger partial charge on any atom is -0.449 e. The molecule has 1 saturated heterocycles. The molecule has 0 aliphatic carbocycles. The number of hydrogen-bond acceptors (Lipinski definition) is 7. The second-order valence-corrected chi connectivity index (χ2v) is 10.8. The van der Waals surface area contributed by atoms with Gasteiger partial charge in [0.2, 0.25) is 11.7 Å². The summed E-state index contributed by atoms with van der Waals surface area (Å²) in [5, 5.41) is 13.7. The number of nitro benzene ring substituents is 1. The molecule has 1 heterocycles. The Labute approximate surface area is 247 Å². The van der Waals surface area contributed by atoms with Crippen LogP contribution in [0.15, 0.2) is 64.0 Å². The quantitative estimate of drug-likeness (QED) is 0.155. The van der Waals surface area contributed by atoms with Crippen molar-refractivity contribution >= 4 is 73.8 Å². The van der Waals surface area contributed by atoms with Crippen molar-refractivity contribution in [3.8, 4) is 11.5 Å². The lowest BCUT2D eigenvalue weighted by atomic mass is 10.1. The van der Waals surface area contributed by atoms with Crippen molar-refractivity contribution in [2.24, 2.45) is 0 Å². The zero-order valence-electron chi connectivity index (χ0n) is 20.6. The molecule has 0 spiro atoms. The average molecular weight is 671 g/mol. The third-order valence-electron chi connectivity index (χ3n) is 5.61. The number of rotatable bonds is 7. The van der Waals surface area contributed by atoms with Crippen LogP contribution >= 0.6 is 39.3 Å². The van der Waals surface area contributed by atoms with Crippen molar-refractivity contribution in [1.82, 2.24) is 4.90 Å². The van der Waals surface area contributed by atoms with Crippen molar-refractivity contribution in [1.29, 1.82) is 0 Å². The maximum atomic E-state index is 13.0. The number of nitro groups is 1. The second kappa shape index (κ2) is 11.9. The molecule has 1 fully saturated rings. The number of imide groups is 1. The van der Waals surface area contributed by atoms with Crippen molar-refractivity contribution in [2.45, 2.75) is 13.1 Å². The monoisotopic (exact) mass is 669 g/mol. The molecule has 3 aromatic carbocycles. The average Bonchev–Trinajstić information content (AvgIpc) is 3.14. The first-order chi connectivity index (χ1) is 19.2. The lowest BCUT2D eigenvalue weighted by Gasteiger charge is -2.14. The van der Waals surface area contributed by atoms with Gasteiger partial charge in [0.15, 0.2) is 0 Å². The number of hydrogen-bond donors (Lipinski definition) is 1. The van der Waals surface area contributed by atoms with Gasteiger partial charge in [0, 0.05) is 16.8 Å². The molecule has 3 amide bonds. The zero-order chi connectivity index (χ0) is 30.1. The number of ether oxygens (including phenoxy) is 1. The Morgan fingerprint density at radius 3 is 2.51 bits per heavy atom. The van der Waals surface area contributed by atoms with Gasteiger partial charge in [-0.1, -0.05) is 23.7 Å². The van der Waals surface area contributed by atoms with Crippen molar-refractivity contribution in [3.05, 3.63) is 95.8 Å². The minimum atomic E-state index is -4.77. The highest BCUT2D eigenvalue weighted by atomic mass is 79.9. The van der Waals surface area contributed by atoms with Gasteiger partial charge < -0.3 is 10.1 Å². The van der Waals surface area contributed by atoms with Crippen molar-refractivity contribution in [2.75, 3.05) is 11.9 Å². The fourth-order valence-electron chi connectivity index (χ4n) is 3.58. The second-order valence-electron chi connectivity index (χ2n) is 8.50. The predicted molar refractivity (Wildman–Crippen MR) is 150 cm³/mol. The number of benzene rings is 3. The Hall–Kier alpha value is -3.88. The maximum Gasteiger partial charge on any atom is 0.416 e. The smallest absolute Gasteiger partial charge is 0.416 e. The number of alkyl halides is 3. The van der Waals surface area contributed by atoms with Gasteiger partial charge >= 0.3 is 11.9 Å². The van der Waals surface area contributed by atoms with Crippen LogP contribution in [0.5, 0.6) is 11.5 Å². The number of carbonyl (C=O) groups is 3. The van der Waals surface area contributed by atoms with E-state index in [0.29, 0.717) is 40.2 Å². The number of anilines is 1. The van der Waals surface area contributed by atoms with E-state index >= 15 is 0 Å². The van der Waals surface area contributed by atoms with Gasteiger partial charge in [0.1, 0.15) is 12.3 Å². The highest BCUT2D eigenvalue weighted by molar-refractivity contribution is 9.10. The largest absolute Gasteiger partial charge is 0.449 e. The molecule has 212 valence electrons. The molecule has 1 aliphatic rings. The number of nitrogens with zero attached hydrogens (tertiary/aromatic N) is 2. The summed E-state index contributed by atoms with van der Waals surface area (Å²) in [5.74, 6) is -1.65. The molecule has 0 unspecified atom stereocenters. The first-order valence-electron chi connectivity index (χ1n) is 11.4. The molecule has 0 saturated carbocycles. The highest BCUT2D eigenvalue weighted by Crippen LogP contribution is 2.40. The fraction of sp³-hybridized carbons (Fsp3) is 0.115. The molecule has 0 aromatic heterocycles. The molecule has 0 radical (unpaired) electrons. The molecule has 4 rings (SSSR count).